The van der Waals surface area contributed by atoms with Crippen molar-refractivity contribution in [2.75, 3.05) is 31.1 Å². The Kier molecular flexibility index (Phi) is 3.69. The van der Waals surface area contributed by atoms with Gasteiger partial charge in [-0.2, -0.15) is 5.10 Å². The van der Waals surface area contributed by atoms with E-state index in [-0.39, 0.29) is 0 Å². The van der Waals surface area contributed by atoms with E-state index in [0.717, 1.165) is 44.2 Å². The lowest BCUT2D eigenvalue weighted by molar-refractivity contribution is -0.131. The fourth-order valence-corrected chi connectivity index (χ4v) is 2.92. The molecule has 1 aliphatic carbocycles. The number of hydrogen-bond donors (Lipinski definition) is 0. The molecule has 120 valence electrons. The molecular weight excluding hydrogens is 292 g/mol. The molecule has 1 amide bonds. The van der Waals surface area contributed by atoms with Gasteiger partial charge in [0.1, 0.15) is 12.1 Å². The first-order valence-electron chi connectivity index (χ1n) is 8.14. The minimum atomic E-state index is 0.312. The number of nitrogens with zero attached hydrogens (tertiary/aromatic N) is 6. The van der Waals surface area contributed by atoms with Gasteiger partial charge in [-0.3, -0.25) is 4.79 Å². The molecule has 3 heterocycles. The van der Waals surface area contributed by atoms with Gasteiger partial charge in [0, 0.05) is 51.1 Å². The number of piperazine rings is 1. The first-order chi connectivity index (χ1) is 11.3. The van der Waals surface area contributed by atoms with Crippen molar-refractivity contribution in [3.05, 3.63) is 30.9 Å². The van der Waals surface area contributed by atoms with Crippen molar-refractivity contribution in [1.82, 2.24) is 24.6 Å². The second-order valence-electron chi connectivity index (χ2n) is 6.20. The predicted octanol–water partition coefficient (Wildman–Crippen LogP) is 1.11. The van der Waals surface area contributed by atoms with Gasteiger partial charge in [-0.1, -0.05) is 0 Å². The molecule has 4 rings (SSSR count). The quantitative estimate of drug-likeness (QED) is 0.846. The van der Waals surface area contributed by atoms with E-state index in [2.05, 4.69) is 20.0 Å². The molecule has 1 aliphatic heterocycles. The van der Waals surface area contributed by atoms with Gasteiger partial charge in [-0.25, -0.2) is 14.6 Å². The summed E-state index contributed by atoms with van der Waals surface area (Å²) >= 11 is 0. The van der Waals surface area contributed by atoms with Gasteiger partial charge in [0.05, 0.1) is 0 Å². The molecule has 2 aliphatic rings. The largest absolute Gasteiger partial charge is 0.353 e. The summed E-state index contributed by atoms with van der Waals surface area (Å²) in [5, 5.41) is 4.20. The predicted molar refractivity (Wildman–Crippen MR) is 85.3 cm³/mol. The molecule has 23 heavy (non-hydrogen) atoms. The van der Waals surface area contributed by atoms with Crippen LogP contribution in [0.3, 0.4) is 0 Å². The van der Waals surface area contributed by atoms with Crippen LogP contribution in [-0.2, 0) is 4.79 Å². The van der Waals surface area contributed by atoms with Crippen LogP contribution in [0.25, 0.3) is 5.82 Å². The average molecular weight is 312 g/mol. The van der Waals surface area contributed by atoms with Crippen LogP contribution in [0.4, 0.5) is 5.82 Å². The van der Waals surface area contributed by atoms with E-state index in [1.54, 1.807) is 17.2 Å². The highest BCUT2D eigenvalue weighted by atomic mass is 16.2. The molecule has 0 atom stereocenters. The van der Waals surface area contributed by atoms with Crippen LogP contribution in [0.5, 0.6) is 0 Å². The molecule has 7 nitrogen and oxygen atoms in total. The number of carbonyl (C=O) groups is 1. The van der Waals surface area contributed by atoms with Crippen molar-refractivity contribution >= 4 is 11.7 Å². The molecule has 0 N–H and O–H groups in total. The molecular formula is C16H20N6O. The van der Waals surface area contributed by atoms with E-state index in [0.29, 0.717) is 11.8 Å². The molecule has 2 fully saturated rings. The van der Waals surface area contributed by atoms with Crippen molar-refractivity contribution in [2.24, 2.45) is 5.92 Å². The topological polar surface area (TPSA) is 67.2 Å². The minimum Gasteiger partial charge on any atom is -0.353 e. The number of aromatic nitrogens is 4. The molecule has 1 saturated heterocycles. The van der Waals surface area contributed by atoms with Crippen LogP contribution in [0, 0.1) is 5.92 Å². The van der Waals surface area contributed by atoms with Gasteiger partial charge >= 0.3 is 0 Å². The Bertz CT molecular complexity index is 674. The Hall–Kier alpha value is -2.44. The minimum absolute atomic E-state index is 0.312. The lowest BCUT2D eigenvalue weighted by Crippen LogP contribution is -2.49. The number of rotatable bonds is 4. The zero-order chi connectivity index (χ0) is 15.6. The fourth-order valence-electron chi connectivity index (χ4n) is 2.92. The maximum Gasteiger partial charge on any atom is 0.222 e. The standard InChI is InChI=1S/C16H20N6O/c23-16(10-13-2-3-13)21-8-6-20(7-9-21)14-11-15(18-12-17-14)22-5-1-4-19-22/h1,4-5,11-13H,2-3,6-10H2. The Morgan fingerprint density at radius 1 is 1.13 bits per heavy atom. The van der Waals surface area contributed by atoms with E-state index in [4.69, 9.17) is 0 Å². The van der Waals surface area contributed by atoms with E-state index >= 15 is 0 Å². The summed E-state index contributed by atoms with van der Waals surface area (Å²) in [4.78, 5) is 25.0. The second-order valence-corrected chi connectivity index (χ2v) is 6.20. The Labute approximate surface area is 134 Å². The summed E-state index contributed by atoms with van der Waals surface area (Å²) < 4.78 is 1.72. The van der Waals surface area contributed by atoms with Crippen LogP contribution < -0.4 is 4.90 Å². The zero-order valence-corrected chi connectivity index (χ0v) is 13.0. The highest BCUT2D eigenvalue weighted by Gasteiger charge is 2.28. The van der Waals surface area contributed by atoms with Crippen LogP contribution in [0.15, 0.2) is 30.9 Å². The normalized spacial score (nSPS) is 18.3. The summed E-state index contributed by atoms with van der Waals surface area (Å²) in [7, 11) is 0. The maximum atomic E-state index is 12.2. The smallest absolute Gasteiger partial charge is 0.222 e. The highest BCUT2D eigenvalue weighted by molar-refractivity contribution is 5.77. The van der Waals surface area contributed by atoms with E-state index < -0.39 is 0 Å². The summed E-state index contributed by atoms with van der Waals surface area (Å²) in [6.07, 6.45) is 8.34. The summed E-state index contributed by atoms with van der Waals surface area (Å²) in [6, 6.07) is 3.81. The molecule has 1 saturated carbocycles. The molecule has 0 unspecified atom stereocenters. The van der Waals surface area contributed by atoms with Gasteiger partial charge in [-0.15, -0.1) is 0 Å². The zero-order valence-electron chi connectivity index (χ0n) is 13.0. The third-order valence-corrected chi connectivity index (χ3v) is 4.49. The number of hydrogen-bond acceptors (Lipinski definition) is 5. The average Bonchev–Trinajstić information content (AvgIpc) is 3.24. The van der Waals surface area contributed by atoms with Crippen LogP contribution >= 0.6 is 0 Å². The molecule has 7 heteroatoms. The van der Waals surface area contributed by atoms with Crippen LogP contribution in [-0.4, -0.2) is 56.7 Å². The number of amides is 1. The summed E-state index contributed by atoms with van der Waals surface area (Å²) in [6.45, 7) is 3.16. The first kappa shape index (κ1) is 14.2. The molecule has 2 aromatic rings. The van der Waals surface area contributed by atoms with Gasteiger partial charge in [-0.05, 0) is 24.8 Å². The number of anilines is 1. The molecule has 0 radical (unpaired) electrons. The lowest BCUT2D eigenvalue weighted by atomic mass is 10.2. The van der Waals surface area contributed by atoms with Crippen LogP contribution in [0.1, 0.15) is 19.3 Å². The molecule has 0 bridgehead atoms. The van der Waals surface area contributed by atoms with Crippen molar-refractivity contribution in [1.29, 1.82) is 0 Å². The molecule has 2 aromatic heterocycles. The monoisotopic (exact) mass is 312 g/mol. The Balaban J connectivity index is 1.40. The molecule has 0 aromatic carbocycles. The lowest BCUT2D eigenvalue weighted by Gasteiger charge is -2.35. The Morgan fingerprint density at radius 2 is 1.91 bits per heavy atom. The second kappa shape index (κ2) is 5.98. The van der Waals surface area contributed by atoms with Gasteiger partial charge in [0.25, 0.3) is 0 Å². The van der Waals surface area contributed by atoms with Crippen LogP contribution in [0.2, 0.25) is 0 Å². The van der Waals surface area contributed by atoms with Crippen molar-refractivity contribution in [3.8, 4) is 5.82 Å². The van der Waals surface area contributed by atoms with E-state index in [1.165, 1.54) is 12.8 Å². The van der Waals surface area contributed by atoms with Gasteiger partial charge < -0.3 is 9.80 Å². The molecule has 0 spiro atoms. The first-order valence-corrected chi connectivity index (χ1v) is 8.14. The fraction of sp³-hybridized carbons (Fsp3) is 0.500. The van der Waals surface area contributed by atoms with Crippen molar-refractivity contribution in [2.45, 2.75) is 19.3 Å². The third kappa shape index (κ3) is 3.18. The van der Waals surface area contributed by atoms with Gasteiger partial charge in [0.2, 0.25) is 5.91 Å². The summed E-state index contributed by atoms with van der Waals surface area (Å²) in [5.41, 5.74) is 0. The third-order valence-electron chi connectivity index (χ3n) is 4.49. The van der Waals surface area contributed by atoms with Crippen molar-refractivity contribution < 1.29 is 4.79 Å². The SMILES string of the molecule is O=C(CC1CC1)N1CCN(c2cc(-n3cccn3)ncn2)CC1. The van der Waals surface area contributed by atoms with E-state index in [1.807, 2.05) is 23.2 Å². The van der Waals surface area contributed by atoms with Gasteiger partial charge in [0.15, 0.2) is 5.82 Å². The highest BCUT2D eigenvalue weighted by Crippen LogP contribution is 2.33. The van der Waals surface area contributed by atoms with Crippen molar-refractivity contribution in [3.63, 3.8) is 0 Å². The maximum absolute atomic E-state index is 12.2. The Morgan fingerprint density at radius 3 is 2.61 bits per heavy atom. The van der Waals surface area contributed by atoms with E-state index in [9.17, 15) is 4.79 Å². The number of carbonyl (C=O) groups excluding carboxylic acids is 1. The summed E-state index contributed by atoms with van der Waals surface area (Å²) in [5.74, 6) is 2.61.